The Labute approximate surface area is 109 Å². The molecule has 0 bridgehead atoms. The van der Waals surface area contributed by atoms with Crippen LogP contribution in [0.5, 0.6) is 0 Å². The van der Waals surface area contributed by atoms with Gasteiger partial charge in [0.15, 0.2) is 0 Å². The summed E-state index contributed by atoms with van der Waals surface area (Å²) in [4.78, 5) is 0. The smallest absolute Gasteiger partial charge is 0.0791 e. The zero-order valence-corrected chi connectivity index (χ0v) is 10.7. The van der Waals surface area contributed by atoms with Crippen molar-refractivity contribution in [1.82, 2.24) is 5.32 Å². The van der Waals surface area contributed by atoms with Crippen LogP contribution in [0, 0.1) is 23.7 Å². The first-order valence-electron chi connectivity index (χ1n) is 6.23. The average molecular weight is 241 g/mol. The van der Waals surface area contributed by atoms with Gasteiger partial charge in [0.1, 0.15) is 0 Å². The van der Waals surface area contributed by atoms with Gasteiger partial charge in [0, 0.05) is 19.0 Å². The van der Waals surface area contributed by atoms with Crippen LogP contribution in [-0.2, 0) is 0 Å². The van der Waals surface area contributed by atoms with Gasteiger partial charge >= 0.3 is 0 Å². The highest BCUT2D eigenvalue weighted by Gasteiger charge is 2.00. The van der Waals surface area contributed by atoms with Gasteiger partial charge in [-0.15, -0.1) is 0 Å². The number of aliphatic hydroxyl groups is 1. The summed E-state index contributed by atoms with van der Waals surface area (Å²) >= 11 is 0. The van der Waals surface area contributed by atoms with Gasteiger partial charge in [-0.1, -0.05) is 35.8 Å². The van der Waals surface area contributed by atoms with Crippen molar-refractivity contribution < 1.29 is 5.11 Å². The highest BCUT2D eigenvalue weighted by molar-refractivity contribution is 5.46. The fourth-order valence-corrected chi connectivity index (χ4v) is 1.52. The topological polar surface area (TPSA) is 32.3 Å². The van der Waals surface area contributed by atoms with Crippen molar-refractivity contribution in [2.24, 2.45) is 0 Å². The van der Waals surface area contributed by atoms with Gasteiger partial charge in [0.05, 0.1) is 11.8 Å². The standard InChI is InChI=1S/C16H19NO/c1-15-9-8-12-16(11-5-6-13-17-15)10-4-2-3-7-14-18/h2-3,7,12,14-15,17-18H,6,8-9,13H2,1H3/b3-2-,14-7+,16-12-/t15-/m0/s1. The van der Waals surface area contributed by atoms with E-state index in [1.807, 2.05) is 0 Å². The predicted molar refractivity (Wildman–Crippen MR) is 75.9 cm³/mol. The summed E-state index contributed by atoms with van der Waals surface area (Å²) < 4.78 is 0. The molecule has 0 amide bonds. The lowest BCUT2D eigenvalue weighted by Crippen LogP contribution is -2.26. The van der Waals surface area contributed by atoms with Crippen molar-refractivity contribution in [3.8, 4) is 23.7 Å². The fraction of sp³-hybridized carbons (Fsp3) is 0.375. The largest absolute Gasteiger partial charge is 0.516 e. The van der Waals surface area contributed by atoms with Crippen LogP contribution >= 0.6 is 0 Å². The van der Waals surface area contributed by atoms with Crippen LogP contribution in [0.25, 0.3) is 0 Å². The molecule has 1 rings (SSSR count). The molecule has 1 atom stereocenters. The summed E-state index contributed by atoms with van der Waals surface area (Å²) in [6.07, 6.45) is 10.9. The van der Waals surface area contributed by atoms with Gasteiger partial charge < -0.3 is 10.4 Å². The van der Waals surface area contributed by atoms with Gasteiger partial charge in [0.2, 0.25) is 0 Å². The molecule has 0 aromatic rings. The second-order valence-electron chi connectivity index (χ2n) is 4.07. The molecule has 0 fully saturated rings. The zero-order chi connectivity index (χ0) is 13.1. The third-order valence-corrected chi connectivity index (χ3v) is 2.50. The Bertz CT molecular complexity index is 449. The highest BCUT2D eigenvalue weighted by Crippen LogP contribution is 2.03. The molecule has 0 radical (unpaired) electrons. The molecular weight excluding hydrogens is 222 g/mol. The summed E-state index contributed by atoms with van der Waals surface area (Å²) in [6.45, 7) is 3.13. The lowest BCUT2D eigenvalue weighted by Gasteiger charge is -2.11. The van der Waals surface area contributed by atoms with Gasteiger partial charge in [0.25, 0.3) is 0 Å². The zero-order valence-electron chi connectivity index (χ0n) is 10.7. The van der Waals surface area contributed by atoms with E-state index in [2.05, 4.69) is 42.0 Å². The minimum absolute atomic E-state index is 0.532. The molecule has 1 aliphatic heterocycles. The lowest BCUT2D eigenvalue weighted by atomic mass is 10.1. The Morgan fingerprint density at radius 1 is 1.50 bits per heavy atom. The van der Waals surface area contributed by atoms with Crippen molar-refractivity contribution in [3.63, 3.8) is 0 Å². The first-order chi connectivity index (χ1) is 8.83. The molecule has 2 nitrogen and oxygen atoms in total. The van der Waals surface area contributed by atoms with E-state index in [1.54, 1.807) is 12.2 Å². The van der Waals surface area contributed by atoms with Crippen molar-refractivity contribution in [3.05, 3.63) is 36.1 Å². The maximum atomic E-state index is 8.45. The summed E-state index contributed by atoms with van der Waals surface area (Å²) in [5.41, 5.74) is 0.890. The third kappa shape index (κ3) is 6.63. The molecule has 2 N–H and O–H groups in total. The number of allylic oxidation sites excluding steroid dienone is 5. The normalized spacial score (nSPS) is 23.6. The molecule has 0 aliphatic carbocycles. The number of nitrogens with one attached hydrogen (secondary N) is 1. The molecule has 0 aromatic heterocycles. The lowest BCUT2D eigenvalue weighted by molar-refractivity contribution is 0.474. The Kier molecular flexibility index (Phi) is 7.21. The minimum atomic E-state index is 0.532. The van der Waals surface area contributed by atoms with E-state index in [4.69, 9.17) is 5.11 Å². The summed E-state index contributed by atoms with van der Waals surface area (Å²) in [7, 11) is 0. The molecule has 1 heterocycles. The van der Waals surface area contributed by atoms with Crippen LogP contribution in [0.15, 0.2) is 36.1 Å². The van der Waals surface area contributed by atoms with E-state index in [0.29, 0.717) is 6.04 Å². The minimum Gasteiger partial charge on any atom is -0.516 e. The molecule has 94 valence electrons. The maximum absolute atomic E-state index is 8.45. The number of hydrogen-bond donors (Lipinski definition) is 2. The Balaban J connectivity index is 2.65. The Morgan fingerprint density at radius 2 is 2.39 bits per heavy atom. The summed E-state index contributed by atoms with van der Waals surface area (Å²) in [5.74, 6) is 12.1. The molecule has 2 heteroatoms. The van der Waals surface area contributed by atoms with E-state index < -0.39 is 0 Å². The molecule has 0 saturated heterocycles. The number of rotatable bonds is 1. The number of hydrogen-bond acceptors (Lipinski definition) is 2. The number of aliphatic hydroxyl groups excluding tert-OH is 1. The monoisotopic (exact) mass is 241 g/mol. The van der Waals surface area contributed by atoms with Gasteiger partial charge in [-0.2, -0.15) is 0 Å². The van der Waals surface area contributed by atoms with E-state index in [0.717, 1.165) is 37.6 Å². The highest BCUT2D eigenvalue weighted by atomic mass is 16.2. The molecular formula is C16H19NO. The van der Waals surface area contributed by atoms with Crippen LogP contribution in [0.4, 0.5) is 0 Å². The second-order valence-corrected chi connectivity index (χ2v) is 4.07. The molecule has 0 spiro atoms. The molecule has 0 saturated carbocycles. The van der Waals surface area contributed by atoms with Gasteiger partial charge in [-0.05, 0) is 31.9 Å². The first kappa shape index (κ1) is 14.2. The van der Waals surface area contributed by atoms with E-state index in [1.165, 1.54) is 6.08 Å². The predicted octanol–water partition coefficient (Wildman–Crippen LogP) is 2.71. The van der Waals surface area contributed by atoms with Crippen molar-refractivity contribution >= 4 is 0 Å². The van der Waals surface area contributed by atoms with Crippen LogP contribution in [-0.4, -0.2) is 17.7 Å². The first-order valence-corrected chi connectivity index (χ1v) is 6.23. The van der Waals surface area contributed by atoms with Crippen LogP contribution in [0.2, 0.25) is 0 Å². The summed E-state index contributed by atoms with van der Waals surface area (Å²) in [6, 6.07) is 0.532. The molecule has 0 aromatic carbocycles. The third-order valence-electron chi connectivity index (χ3n) is 2.50. The van der Waals surface area contributed by atoms with Gasteiger partial charge in [-0.25, -0.2) is 0 Å². The fourth-order valence-electron chi connectivity index (χ4n) is 1.52. The quantitative estimate of drug-likeness (QED) is 0.420. The molecule has 1 aliphatic rings. The van der Waals surface area contributed by atoms with E-state index in [-0.39, 0.29) is 0 Å². The van der Waals surface area contributed by atoms with Crippen LogP contribution in [0.1, 0.15) is 26.2 Å². The Hall–Kier alpha value is -1.90. The average Bonchev–Trinajstić information content (AvgIpc) is 2.37. The second kappa shape index (κ2) is 9.16. The Morgan fingerprint density at radius 3 is 3.22 bits per heavy atom. The van der Waals surface area contributed by atoms with Crippen molar-refractivity contribution in [2.75, 3.05) is 6.54 Å². The SMILES string of the molecule is C[C@H]1CC/C=C(/C#C/C=C\C=C\O)C#CCCN1. The summed E-state index contributed by atoms with van der Waals surface area (Å²) in [5, 5.41) is 11.9. The molecule has 18 heavy (non-hydrogen) atoms. The maximum Gasteiger partial charge on any atom is 0.0791 e. The molecule has 0 unspecified atom stereocenters. The van der Waals surface area contributed by atoms with E-state index >= 15 is 0 Å². The van der Waals surface area contributed by atoms with Gasteiger partial charge in [-0.3, -0.25) is 0 Å². The van der Waals surface area contributed by atoms with Crippen LogP contribution in [0.3, 0.4) is 0 Å². The van der Waals surface area contributed by atoms with Crippen molar-refractivity contribution in [1.29, 1.82) is 0 Å². The van der Waals surface area contributed by atoms with E-state index in [9.17, 15) is 0 Å². The van der Waals surface area contributed by atoms with Crippen molar-refractivity contribution in [2.45, 2.75) is 32.2 Å². The van der Waals surface area contributed by atoms with Crippen LogP contribution < -0.4 is 5.32 Å².